The lowest BCUT2D eigenvalue weighted by atomic mass is 10.1. The topological polar surface area (TPSA) is 62.2 Å². The monoisotopic (exact) mass is 254 g/mol. The van der Waals surface area contributed by atoms with Gasteiger partial charge in [-0.25, -0.2) is 0 Å². The summed E-state index contributed by atoms with van der Waals surface area (Å²) in [6, 6.07) is 1.38. The highest BCUT2D eigenvalue weighted by Gasteiger charge is 2.49. The van der Waals surface area contributed by atoms with E-state index in [4.69, 9.17) is 5.11 Å². The summed E-state index contributed by atoms with van der Waals surface area (Å²) in [5, 5.41) is 12.5. The number of aliphatic hydroxyl groups is 1. The molecule has 2 N–H and O–H groups in total. The highest BCUT2D eigenvalue weighted by Crippen LogP contribution is 2.29. The van der Waals surface area contributed by atoms with Crippen molar-refractivity contribution in [1.82, 2.24) is 9.69 Å². The summed E-state index contributed by atoms with van der Waals surface area (Å²) in [4.78, 5) is 11.2. The molecule has 90 valence electrons. The van der Waals surface area contributed by atoms with E-state index in [1.807, 2.05) is 5.32 Å². The van der Waals surface area contributed by atoms with Crippen molar-refractivity contribution in [1.29, 1.82) is 0 Å². The van der Waals surface area contributed by atoms with Gasteiger partial charge in [0, 0.05) is 5.38 Å². The maximum atomic E-state index is 12.2. The van der Waals surface area contributed by atoms with E-state index < -0.39 is 24.2 Å². The number of amides is 1. The van der Waals surface area contributed by atoms with Gasteiger partial charge in [0.05, 0.1) is 6.54 Å². The van der Waals surface area contributed by atoms with Crippen LogP contribution in [0.5, 0.6) is 0 Å². The van der Waals surface area contributed by atoms with Crippen LogP contribution in [0.3, 0.4) is 0 Å². The quantitative estimate of drug-likeness (QED) is 0.851. The molecule has 0 aliphatic heterocycles. The van der Waals surface area contributed by atoms with Gasteiger partial charge in [0.2, 0.25) is 0 Å². The van der Waals surface area contributed by atoms with Gasteiger partial charge < -0.3 is 10.4 Å². The Kier molecular flexibility index (Phi) is 3.54. The third-order valence-corrected chi connectivity index (χ3v) is 2.43. The lowest BCUT2D eigenvalue weighted by Gasteiger charge is -2.26. The predicted molar refractivity (Wildman–Crippen MR) is 51.1 cm³/mol. The van der Waals surface area contributed by atoms with Crippen LogP contribution in [-0.4, -0.2) is 33.7 Å². The minimum Gasteiger partial charge on any atom is -0.379 e. The lowest BCUT2D eigenvalue weighted by Crippen LogP contribution is -2.51. The van der Waals surface area contributed by atoms with Crippen molar-refractivity contribution < 1.29 is 23.1 Å². The zero-order valence-corrected chi connectivity index (χ0v) is 9.02. The number of halogens is 3. The summed E-state index contributed by atoms with van der Waals surface area (Å²) in [5.74, 6) is -0.745. The molecule has 0 unspecified atom stereocenters. The largest absolute Gasteiger partial charge is 0.418 e. The number of alkyl halides is 3. The molecule has 1 atom stereocenters. The van der Waals surface area contributed by atoms with E-state index in [0.717, 1.165) is 11.5 Å². The summed E-state index contributed by atoms with van der Waals surface area (Å²) in [6.07, 6.45) is -4.79. The maximum Gasteiger partial charge on any atom is 0.418 e. The van der Waals surface area contributed by atoms with Gasteiger partial charge in [-0.15, -0.1) is 0 Å². The van der Waals surface area contributed by atoms with E-state index in [9.17, 15) is 18.0 Å². The fourth-order valence-electron chi connectivity index (χ4n) is 0.773. The van der Waals surface area contributed by atoms with Crippen LogP contribution in [0.1, 0.15) is 17.4 Å². The van der Waals surface area contributed by atoms with Crippen molar-refractivity contribution in [2.75, 3.05) is 6.54 Å². The number of carbonyl (C=O) groups is 1. The molecule has 4 nitrogen and oxygen atoms in total. The molecule has 1 aromatic heterocycles. The molecule has 1 rings (SSSR count). The first-order valence-electron chi connectivity index (χ1n) is 4.22. The molecule has 16 heavy (non-hydrogen) atoms. The van der Waals surface area contributed by atoms with Gasteiger partial charge in [-0.1, -0.05) is 0 Å². The zero-order chi connectivity index (χ0) is 12.4. The number of carbonyl (C=O) groups excluding carboxylic acids is 1. The predicted octanol–water partition coefficient (Wildman–Crippen LogP) is 1.19. The summed E-state index contributed by atoms with van der Waals surface area (Å²) in [6.45, 7) is -0.318. The molecule has 0 bridgehead atoms. The van der Waals surface area contributed by atoms with Gasteiger partial charge >= 0.3 is 6.18 Å². The summed E-state index contributed by atoms with van der Waals surface area (Å²) in [5.41, 5.74) is -2.92. The van der Waals surface area contributed by atoms with Crippen molar-refractivity contribution in [2.45, 2.75) is 18.7 Å². The average Bonchev–Trinajstić information content (AvgIpc) is 2.65. The Hall–Kier alpha value is -1.15. The zero-order valence-electron chi connectivity index (χ0n) is 8.21. The molecule has 0 fully saturated rings. The summed E-state index contributed by atoms with van der Waals surface area (Å²) >= 11 is 1.01. The number of nitrogens with one attached hydrogen (secondary N) is 1. The molecule has 0 saturated heterocycles. The highest BCUT2D eigenvalue weighted by molar-refractivity contribution is 7.03. The van der Waals surface area contributed by atoms with Gasteiger partial charge in [0.15, 0.2) is 5.60 Å². The van der Waals surface area contributed by atoms with Crippen LogP contribution in [0.25, 0.3) is 0 Å². The van der Waals surface area contributed by atoms with Crippen molar-refractivity contribution in [3.8, 4) is 0 Å². The number of aromatic nitrogens is 1. The number of nitrogens with zero attached hydrogens (tertiary/aromatic N) is 1. The van der Waals surface area contributed by atoms with Gasteiger partial charge in [0.1, 0.15) is 5.69 Å². The first-order chi connectivity index (χ1) is 7.24. The Morgan fingerprint density at radius 2 is 2.25 bits per heavy atom. The molecule has 0 saturated carbocycles. The minimum atomic E-state index is -4.79. The van der Waals surface area contributed by atoms with Gasteiger partial charge in [-0.05, 0) is 24.5 Å². The third-order valence-electron chi connectivity index (χ3n) is 1.87. The number of rotatable bonds is 3. The van der Waals surface area contributed by atoms with Crippen LogP contribution in [0, 0.1) is 0 Å². The molecule has 1 amide bonds. The van der Waals surface area contributed by atoms with Gasteiger partial charge in [-0.3, -0.25) is 4.79 Å². The van der Waals surface area contributed by atoms with Crippen LogP contribution < -0.4 is 5.32 Å². The number of hydrogen-bond donors (Lipinski definition) is 2. The Morgan fingerprint density at radius 3 is 2.69 bits per heavy atom. The van der Waals surface area contributed by atoms with E-state index in [1.165, 1.54) is 11.4 Å². The maximum absolute atomic E-state index is 12.2. The van der Waals surface area contributed by atoms with Crippen molar-refractivity contribution in [3.63, 3.8) is 0 Å². The van der Waals surface area contributed by atoms with Gasteiger partial charge in [-0.2, -0.15) is 17.5 Å². The van der Waals surface area contributed by atoms with Crippen LogP contribution in [0.15, 0.2) is 11.4 Å². The van der Waals surface area contributed by atoms with E-state index in [0.29, 0.717) is 6.92 Å². The third kappa shape index (κ3) is 2.92. The molecular formula is C8H9F3N2O2S. The molecule has 0 spiro atoms. The normalized spacial score (nSPS) is 15.6. The highest BCUT2D eigenvalue weighted by atomic mass is 32.1. The standard InChI is InChI=1S/C8H9F3N2O2S/c1-7(15,8(9,10)11)4-12-6(14)5-2-3-16-13-5/h2-3,15H,4H2,1H3,(H,12,14)/t7-/m0/s1. The van der Waals surface area contributed by atoms with Crippen molar-refractivity contribution >= 4 is 17.4 Å². The summed E-state index contributed by atoms with van der Waals surface area (Å²) in [7, 11) is 0. The number of hydrogen-bond acceptors (Lipinski definition) is 4. The van der Waals surface area contributed by atoms with Crippen LogP contribution in [0.4, 0.5) is 13.2 Å². The van der Waals surface area contributed by atoms with Crippen molar-refractivity contribution in [3.05, 3.63) is 17.1 Å². The minimum absolute atomic E-state index is 0.0305. The Labute approximate surface area is 93.3 Å². The smallest absolute Gasteiger partial charge is 0.379 e. The first-order valence-corrected chi connectivity index (χ1v) is 5.05. The van der Waals surface area contributed by atoms with E-state index in [2.05, 4.69) is 4.37 Å². The molecule has 0 aliphatic rings. The Balaban J connectivity index is 2.56. The van der Waals surface area contributed by atoms with Gasteiger partial charge in [0.25, 0.3) is 5.91 Å². The second kappa shape index (κ2) is 4.38. The Morgan fingerprint density at radius 1 is 1.62 bits per heavy atom. The molecule has 1 aromatic rings. The van der Waals surface area contributed by atoms with E-state index in [-0.39, 0.29) is 5.69 Å². The fraction of sp³-hybridized carbons (Fsp3) is 0.500. The molecule has 0 radical (unpaired) electrons. The van der Waals surface area contributed by atoms with E-state index in [1.54, 1.807) is 0 Å². The first kappa shape index (κ1) is 12.9. The SMILES string of the molecule is C[C@](O)(CNC(=O)c1ccsn1)C(F)(F)F. The molecule has 8 heteroatoms. The molecule has 0 aliphatic carbocycles. The molecule has 0 aromatic carbocycles. The Bertz CT molecular complexity index is 362. The van der Waals surface area contributed by atoms with E-state index >= 15 is 0 Å². The fourth-order valence-corrected chi connectivity index (χ4v) is 1.28. The average molecular weight is 254 g/mol. The van der Waals surface area contributed by atoms with Crippen molar-refractivity contribution in [2.24, 2.45) is 0 Å². The van der Waals surface area contributed by atoms with Crippen LogP contribution in [0.2, 0.25) is 0 Å². The second-order valence-electron chi connectivity index (χ2n) is 3.34. The van der Waals surface area contributed by atoms with Crippen LogP contribution in [-0.2, 0) is 0 Å². The molecular weight excluding hydrogens is 245 g/mol. The van der Waals surface area contributed by atoms with Crippen LogP contribution >= 0.6 is 11.5 Å². The molecule has 1 heterocycles. The summed E-state index contributed by atoms with van der Waals surface area (Å²) < 4.78 is 40.3. The lowest BCUT2D eigenvalue weighted by molar-refractivity contribution is -0.249. The second-order valence-corrected chi connectivity index (χ2v) is 4.00.